The molecule has 0 fully saturated rings. The third-order valence-corrected chi connectivity index (χ3v) is 5.26. The van der Waals surface area contributed by atoms with Crippen LogP contribution in [0, 0.1) is 11.2 Å². The third-order valence-electron chi connectivity index (χ3n) is 5.26. The van der Waals surface area contributed by atoms with E-state index < -0.39 is 0 Å². The van der Waals surface area contributed by atoms with Crippen molar-refractivity contribution in [2.45, 2.75) is 40.2 Å². The van der Waals surface area contributed by atoms with Gasteiger partial charge in [0.2, 0.25) is 0 Å². The van der Waals surface area contributed by atoms with Gasteiger partial charge in [-0.05, 0) is 68.7 Å². The zero-order valence-corrected chi connectivity index (χ0v) is 19.0. The molecule has 0 aliphatic carbocycles. The topological polar surface area (TPSA) is 39.9 Å². The first-order valence-corrected chi connectivity index (χ1v) is 10.7. The number of halogens is 1. The SMILES string of the molecule is C=C[C@@](C)(/C=C/c1ccc(OCc2cn(-c3ccc(F)cc3)nn2)cc1)CCC=C(C)C. The first-order valence-electron chi connectivity index (χ1n) is 10.7. The third kappa shape index (κ3) is 6.77. The molecule has 0 saturated carbocycles. The van der Waals surface area contributed by atoms with Gasteiger partial charge < -0.3 is 4.74 Å². The molecule has 4 nitrogen and oxygen atoms in total. The molecule has 0 radical (unpaired) electrons. The molecule has 0 aliphatic heterocycles. The predicted molar refractivity (Wildman–Crippen MR) is 128 cm³/mol. The van der Waals surface area contributed by atoms with Crippen LogP contribution >= 0.6 is 0 Å². The molecule has 3 rings (SSSR count). The minimum atomic E-state index is -0.284. The second kappa shape index (κ2) is 10.7. The molecule has 0 N–H and O–H groups in total. The maximum atomic E-state index is 13.1. The molecule has 1 atom stereocenters. The van der Waals surface area contributed by atoms with Gasteiger partial charge in [0.25, 0.3) is 0 Å². The molecule has 2 aromatic carbocycles. The predicted octanol–water partition coefficient (Wildman–Crippen LogP) is 6.94. The Balaban J connectivity index is 1.55. The Labute approximate surface area is 189 Å². The van der Waals surface area contributed by atoms with E-state index in [2.05, 4.69) is 55.9 Å². The zero-order valence-electron chi connectivity index (χ0n) is 19.0. The first kappa shape index (κ1) is 23.2. The highest BCUT2D eigenvalue weighted by atomic mass is 19.1. The number of rotatable bonds is 10. The molecule has 32 heavy (non-hydrogen) atoms. The van der Waals surface area contributed by atoms with Crippen molar-refractivity contribution in [1.82, 2.24) is 15.0 Å². The standard InChI is InChI=1S/C27H30FN3O/c1-5-27(4,17-6-7-21(2)3)18-16-22-8-14-26(15-9-22)32-20-24-19-31(30-29-24)25-12-10-23(28)11-13-25/h5,7-16,18-19H,1,6,17,20H2,2-4H3/b18-16+/t27-/m1/s1. The number of hydrogen-bond acceptors (Lipinski definition) is 3. The van der Waals surface area contributed by atoms with Crippen LogP contribution in [0.1, 0.15) is 44.9 Å². The summed E-state index contributed by atoms with van der Waals surface area (Å²) in [4.78, 5) is 0. The molecule has 0 aliphatic rings. The molecular formula is C27H30FN3O. The largest absolute Gasteiger partial charge is 0.487 e. The molecule has 3 aromatic rings. The Morgan fingerprint density at radius 3 is 2.50 bits per heavy atom. The number of hydrogen-bond donors (Lipinski definition) is 0. The van der Waals surface area contributed by atoms with E-state index >= 15 is 0 Å². The molecule has 1 aromatic heterocycles. The smallest absolute Gasteiger partial charge is 0.134 e. The van der Waals surface area contributed by atoms with Crippen molar-refractivity contribution in [3.05, 3.63) is 102 Å². The number of benzene rings is 2. The monoisotopic (exact) mass is 431 g/mol. The lowest BCUT2D eigenvalue weighted by Gasteiger charge is -2.20. The van der Waals surface area contributed by atoms with Crippen LogP contribution in [0.15, 0.2) is 85.1 Å². The van der Waals surface area contributed by atoms with Gasteiger partial charge in [-0.15, -0.1) is 11.7 Å². The fraction of sp³-hybridized carbons (Fsp3) is 0.259. The summed E-state index contributed by atoms with van der Waals surface area (Å²) in [5.41, 5.74) is 3.84. The van der Waals surface area contributed by atoms with E-state index in [9.17, 15) is 4.39 Å². The van der Waals surface area contributed by atoms with Crippen LogP contribution < -0.4 is 4.74 Å². The van der Waals surface area contributed by atoms with Crippen LogP contribution in [0.2, 0.25) is 0 Å². The van der Waals surface area contributed by atoms with Gasteiger partial charge in [-0.1, -0.05) is 54.1 Å². The lowest BCUT2D eigenvalue weighted by atomic mass is 9.84. The van der Waals surface area contributed by atoms with Crippen LogP contribution in [0.25, 0.3) is 11.8 Å². The summed E-state index contributed by atoms with van der Waals surface area (Å²) in [6.45, 7) is 10.8. The molecule has 166 valence electrons. The maximum Gasteiger partial charge on any atom is 0.134 e. The van der Waals surface area contributed by atoms with Crippen LogP contribution in [0.3, 0.4) is 0 Å². The van der Waals surface area contributed by atoms with Crippen LogP contribution in [-0.4, -0.2) is 15.0 Å². The number of allylic oxidation sites excluding steroid dienone is 4. The zero-order chi connectivity index (χ0) is 23.0. The highest BCUT2D eigenvalue weighted by molar-refractivity contribution is 5.52. The van der Waals surface area contributed by atoms with Crippen LogP contribution in [-0.2, 0) is 6.61 Å². The fourth-order valence-corrected chi connectivity index (χ4v) is 3.13. The van der Waals surface area contributed by atoms with Gasteiger partial charge in [-0.25, -0.2) is 9.07 Å². The summed E-state index contributed by atoms with van der Waals surface area (Å²) in [6.07, 6.45) is 12.4. The Kier molecular flexibility index (Phi) is 7.77. The van der Waals surface area contributed by atoms with Crippen molar-refractivity contribution in [3.8, 4) is 11.4 Å². The fourth-order valence-electron chi connectivity index (χ4n) is 3.13. The summed E-state index contributed by atoms with van der Waals surface area (Å²) < 4.78 is 20.5. The van der Waals surface area contributed by atoms with Crippen LogP contribution in [0.4, 0.5) is 4.39 Å². The van der Waals surface area contributed by atoms with E-state index in [0.29, 0.717) is 12.3 Å². The molecule has 5 heteroatoms. The molecule has 0 saturated heterocycles. The molecule has 0 bridgehead atoms. The summed E-state index contributed by atoms with van der Waals surface area (Å²) in [5.74, 6) is 0.474. The Morgan fingerprint density at radius 2 is 1.84 bits per heavy atom. The summed E-state index contributed by atoms with van der Waals surface area (Å²) in [6, 6.07) is 14.0. The van der Waals surface area contributed by atoms with Gasteiger partial charge in [0.15, 0.2) is 0 Å². The van der Waals surface area contributed by atoms with Crippen molar-refractivity contribution in [1.29, 1.82) is 0 Å². The van der Waals surface area contributed by atoms with Crippen molar-refractivity contribution in [2.75, 3.05) is 0 Å². The highest BCUT2D eigenvalue weighted by Gasteiger charge is 2.15. The van der Waals surface area contributed by atoms with Gasteiger partial charge >= 0.3 is 0 Å². The molecule has 1 heterocycles. The average Bonchev–Trinajstić information content (AvgIpc) is 3.26. The Hall–Kier alpha value is -3.47. The molecular weight excluding hydrogens is 401 g/mol. The van der Waals surface area contributed by atoms with Crippen molar-refractivity contribution >= 4 is 6.08 Å². The number of aromatic nitrogens is 3. The van der Waals surface area contributed by atoms with E-state index in [1.165, 1.54) is 17.7 Å². The van der Waals surface area contributed by atoms with E-state index in [1.807, 2.05) is 30.3 Å². The summed E-state index contributed by atoms with van der Waals surface area (Å²) in [5, 5.41) is 8.19. The van der Waals surface area contributed by atoms with Crippen molar-refractivity contribution in [3.63, 3.8) is 0 Å². The molecule has 0 amide bonds. The van der Waals surface area contributed by atoms with Gasteiger partial charge in [0.1, 0.15) is 23.9 Å². The van der Waals surface area contributed by atoms with Gasteiger partial charge in [-0.2, -0.15) is 0 Å². The quantitative estimate of drug-likeness (QED) is 0.327. The van der Waals surface area contributed by atoms with Gasteiger partial charge in [0, 0.05) is 5.41 Å². The van der Waals surface area contributed by atoms with Crippen LogP contribution in [0.5, 0.6) is 5.75 Å². The Morgan fingerprint density at radius 1 is 1.12 bits per heavy atom. The molecule has 0 unspecified atom stereocenters. The van der Waals surface area contributed by atoms with E-state index in [4.69, 9.17) is 4.74 Å². The van der Waals surface area contributed by atoms with E-state index in [0.717, 1.165) is 29.8 Å². The van der Waals surface area contributed by atoms with Crippen molar-refractivity contribution in [2.24, 2.45) is 5.41 Å². The number of ether oxygens (including phenoxy) is 1. The number of nitrogens with zero attached hydrogens (tertiary/aromatic N) is 3. The summed E-state index contributed by atoms with van der Waals surface area (Å²) in [7, 11) is 0. The highest BCUT2D eigenvalue weighted by Crippen LogP contribution is 2.28. The van der Waals surface area contributed by atoms with Crippen molar-refractivity contribution < 1.29 is 9.13 Å². The van der Waals surface area contributed by atoms with E-state index in [-0.39, 0.29) is 11.2 Å². The van der Waals surface area contributed by atoms with Gasteiger partial charge in [-0.3, -0.25) is 0 Å². The lowest BCUT2D eigenvalue weighted by Crippen LogP contribution is -2.08. The maximum absolute atomic E-state index is 13.1. The molecule has 0 spiro atoms. The summed E-state index contributed by atoms with van der Waals surface area (Å²) >= 11 is 0. The van der Waals surface area contributed by atoms with E-state index in [1.54, 1.807) is 23.0 Å². The second-order valence-corrected chi connectivity index (χ2v) is 8.35. The lowest BCUT2D eigenvalue weighted by molar-refractivity contribution is 0.301. The first-order chi connectivity index (χ1) is 15.4. The van der Waals surface area contributed by atoms with Gasteiger partial charge in [0.05, 0.1) is 11.9 Å². The average molecular weight is 432 g/mol. The Bertz CT molecular complexity index is 1080. The minimum absolute atomic E-state index is 0.0442. The normalized spacial score (nSPS) is 13.0. The second-order valence-electron chi connectivity index (χ2n) is 8.35. The minimum Gasteiger partial charge on any atom is -0.487 e.